The third-order valence-electron chi connectivity index (χ3n) is 3.41. The van der Waals surface area contributed by atoms with E-state index in [4.69, 9.17) is 4.42 Å². The molecule has 0 saturated carbocycles. The van der Waals surface area contributed by atoms with Crippen LogP contribution in [0.25, 0.3) is 0 Å². The fourth-order valence-electron chi connectivity index (χ4n) is 2.02. The van der Waals surface area contributed by atoms with Crippen LogP contribution in [0.5, 0.6) is 0 Å². The zero-order valence-electron chi connectivity index (χ0n) is 12.8. The Morgan fingerprint density at radius 2 is 1.83 bits per heavy atom. The van der Waals surface area contributed by atoms with E-state index < -0.39 is 6.04 Å². The summed E-state index contributed by atoms with van der Waals surface area (Å²) in [5.74, 6) is -0.476. The largest absolute Gasteiger partial charge is 0.472 e. The minimum Gasteiger partial charge on any atom is -0.472 e. The zero-order valence-corrected chi connectivity index (χ0v) is 12.8. The van der Waals surface area contributed by atoms with E-state index >= 15 is 0 Å². The molecule has 0 aliphatic rings. The molecule has 0 aliphatic carbocycles. The zero-order chi connectivity index (χ0) is 16.9. The number of rotatable bonds is 5. The maximum Gasteiger partial charge on any atom is 0.258 e. The van der Waals surface area contributed by atoms with E-state index in [1.54, 1.807) is 37.3 Å². The van der Waals surface area contributed by atoms with E-state index in [0.717, 1.165) is 0 Å². The molecule has 3 rings (SSSR count). The first kappa shape index (κ1) is 15.5. The van der Waals surface area contributed by atoms with Crippen molar-refractivity contribution in [2.24, 2.45) is 0 Å². The van der Waals surface area contributed by atoms with Gasteiger partial charge in [0.2, 0.25) is 5.91 Å². The highest BCUT2D eigenvalue weighted by Crippen LogP contribution is 2.16. The molecule has 0 spiro atoms. The van der Waals surface area contributed by atoms with Crippen molar-refractivity contribution in [3.63, 3.8) is 0 Å². The number of carbonyl (C=O) groups is 2. The smallest absolute Gasteiger partial charge is 0.258 e. The Morgan fingerprint density at radius 1 is 1.12 bits per heavy atom. The molecule has 2 amide bonds. The molecule has 3 aromatic rings. The molecule has 0 radical (unpaired) electrons. The SMILES string of the molecule is C[C@@H](C(=O)Nc1ccc(NC(=O)c2ccoc2)cc1)n1cncn1. The Bertz CT molecular complexity index is 810. The molecule has 8 heteroatoms. The molecule has 24 heavy (non-hydrogen) atoms. The minimum atomic E-state index is -0.479. The fourth-order valence-corrected chi connectivity index (χ4v) is 2.02. The summed E-state index contributed by atoms with van der Waals surface area (Å²) in [4.78, 5) is 27.9. The molecule has 0 bridgehead atoms. The fraction of sp³-hybridized carbons (Fsp3) is 0.125. The molecular formula is C16H15N5O3. The highest BCUT2D eigenvalue weighted by molar-refractivity contribution is 6.04. The van der Waals surface area contributed by atoms with Gasteiger partial charge >= 0.3 is 0 Å². The lowest BCUT2D eigenvalue weighted by molar-refractivity contribution is -0.119. The summed E-state index contributed by atoms with van der Waals surface area (Å²) < 4.78 is 6.34. The highest BCUT2D eigenvalue weighted by Gasteiger charge is 2.15. The van der Waals surface area contributed by atoms with Crippen molar-refractivity contribution in [1.82, 2.24) is 14.8 Å². The van der Waals surface area contributed by atoms with E-state index in [1.807, 2.05) is 0 Å². The summed E-state index contributed by atoms with van der Waals surface area (Å²) >= 11 is 0. The Labute approximate surface area is 137 Å². The topological polar surface area (TPSA) is 102 Å². The van der Waals surface area contributed by atoms with Gasteiger partial charge in [-0.1, -0.05) is 0 Å². The first-order chi connectivity index (χ1) is 11.6. The van der Waals surface area contributed by atoms with Crippen LogP contribution in [0.1, 0.15) is 23.3 Å². The Kier molecular flexibility index (Phi) is 4.37. The summed E-state index contributed by atoms with van der Waals surface area (Å²) in [5, 5.41) is 9.46. The molecule has 1 aromatic carbocycles. The average Bonchev–Trinajstić information content (AvgIpc) is 3.29. The van der Waals surface area contributed by atoms with Crippen molar-refractivity contribution in [2.45, 2.75) is 13.0 Å². The van der Waals surface area contributed by atoms with Gasteiger partial charge in [-0.2, -0.15) is 5.10 Å². The lowest BCUT2D eigenvalue weighted by Crippen LogP contribution is -2.24. The first-order valence-electron chi connectivity index (χ1n) is 7.22. The van der Waals surface area contributed by atoms with Gasteiger partial charge in [-0.15, -0.1) is 0 Å². The predicted octanol–water partition coefficient (Wildman–Crippen LogP) is 2.32. The minimum absolute atomic E-state index is 0.212. The number of benzene rings is 1. The van der Waals surface area contributed by atoms with Crippen LogP contribution < -0.4 is 10.6 Å². The standard InChI is InChI=1S/C16H15N5O3/c1-11(21-10-17-9-18-21)15(22)19-13-2-4-14(5-3-13)20-16(23)12-6-7-24-8-12/h2-11H,1H3,(H,19,22)(H,20,23)/t11-/m0/s1. The second-order valence-corrected chi connectivity index (χ2v) is 5.08. The van der Waals surface area contributed by atoms with Gasteiger partial charge in [0.25, 0.3) is 5.91 Å². The van der Waals surface area contributed by atoms with Crippen LogP contribution in [0.3, 0.4) is 0 Å². The van der Waals surface area contributed by atoms with Crippen LogP contribution in [-0.2, 0) is 4.79 Å². The van der Waals surface area contributed by atoms with Crippen LogP contribution in [0.15, 0.2) is 59.9 Å². The summed E-state index contributed by atoms with van der Waals surface area (Å²) in [7, 11) is 0. The normalized spacial score (nSPS) is 11.7. The van der Waals surface area contributed by atoms with E-state index in [-0.39, 0.29) is 11.8 Å². The summed E-state index contributed by atoms with van der Waals surface area (Å²) in [5.41, 5.74) is 1.67. The van der Waals surface area contributed by atoms with Crippen LogP contribution in [0.4, 0.5) is 11.4 Å². The van der Waals surface area contributed by atoms with Crippen LogP contribution >= 0.6 is 0 Å². The second-order valence-electron chi connectivity index (χ2n) is 5.08. The number of carbonyl (C=O) groups excluding carboxylic acids is 2. The second kappa shape index (κ2) is 6.78. The molecule has 0 saturated heterocycles. The third kappa shape index (κ3) is 3.49. The lowest BCUT2D eigenvalue weighted by Gasteiger charge is -2.12. The Morgan fingerprint density at radius 3 is 2.42 bits per heavy atom. The van der Waals surface area contributed by atoms with Crippen molar-refractivity contribution >= 4 is 23.2 Å². The number of amides is 2. The Balaban J connectivity index is 1.60. The van der Waals surface area contributed by atoms with Gasteiger partial charge in [-0.25, -0.2) is 9.67 Å². The van der Waals surface area contributed by atoms with Gasteiger partial charge in [0.15, 0.2) is 0 Å². The van der Waals surface area contributed by atoms with Crippen molar-refractivity contribution < 1.29 is 14.0 Å². The van der Waals surface area contributed by atoms with E-state index in [0.29, 0.717) is 16.9 Å². The highest BCUT2D eigenvalue weighted by atomic mass is 16.3. The van der Waals surface area contributed by atoms with Crippen molar-refractivity contribution in [1.29, 1.82) is 0 Å². The predicted molar refractivity (Wildman–Crippen MR) is 86.5 cm³/mol. The summed E-state index contributed by atoms with van der Waals surface area (Å²) in [6.45, 7) is 1.73. The number of hydrogen-bond donors (Lipinski definition) is 2. The molecule has 1 atom stereocenters. The number of furan rings is 1. The molecule has 2 N–H and O–H groups in total. The molecule has 2 aromatic heterocycles. The monoisotopic (exact) mass is 325 g/mol. The van der Waals surface area contributed by atoms with Gasteiger partial charge in [-0.05, 0) is 37.3 Å². The molecule has 8 nitrogen and oxygen atoms in total. The maximum atomic E-state index is 12.1. The molecule has 0 aliphatic heterocycles. The van der Waals surface area contributed by atoms with Crippen molar-refractivity contribution in [3.05, 3.63) is 61.1 Å². The molecule has 122 valence electrons. The molecule has 2 heterocycles. The van der Waals surface area contributed by atoms with Crippen LogP contribution in [-0.4, -0.2) is 26.6 Å². The van der Waals surface area contributed by atoms with Gasteiger partial charge in [0, 0.05) is 11.4 Å². The van der Waals surface area contributed by atoms with Crippen LogP contribution in [0, 0.1) is 0 Å². The van der Waals surface area contributed by atoms with Crippen molar-refractivity contribution in [2.75, 3.05) is 10.6 Å². The number of anilines is 2. The lowest BCUT2D eigenvalue weighted by atomic mass is 10.2. The van der Waals surface area contributed by atoms with E-state index in [2.05, 4.69) is 20.7 Å². The summed E-state index contributed by atoms with van der Waals surface area (Å²) in [6, 6.07) is 7.91. The summed E-state index contributed by atoms with van der Waals surface area (Å²) in [6.07, 6.45) is 5.67. The average molecular weight is 325 g/mol. The van der Waals surface area contributed by atoms with E-state index in [1.165, 1.54) is 29.9 Å². The molecule has 0 fully saturated rings. The van der Waals surface area contributed by atoms with Crippen molar-refractivity contribution in [3.8, 4) is 0 Å². The first-order valence-corrected chi connectivity index (χ1v) is 7.22. The quantitative estimate of drug-likeness (QED) is 0.749. The van der Waals surface area contributed by atoms with Gasteiger partial charge in [0.1, 0.15) is 25.0 Å². The van der Waals surface area contributed by atoms with Gasteiger partial charge in [-0.3, -0.25) is 9.59 Å². The van der Waals surface area contributed by atoms with Gasteiger partial charge < -0.3 is 15.1 Å². The van der Waals surface area contributed by atoms with Crippen LogP contribution in [0.2, 0.25) is 0 Å². The number of nitrogens with one attached hydrogen (secondary N) is 2. The number of hydrogen-bond acceptors (Lipinski definition) is 5. The van der Waals surface area contributed by atoms with Gasteiger partial charge in [0.05, 0.1) is 11.8 Å². The number of aromatic nitrogens is 3. The number of nitrogens with zero attached hydrogens (tertiary/aromatic N) is 3. The molecule has 0 unspecified atom stereocenters. The molecular weight excluding hydrogens is 310 g/mol. The third-order valence-corrected chi connectivity index (χ3v) is 3.41. The Hall–Kier alpha value is -3.42. The van der Waals surface area contributed by atoms with E-state index in [9.17, 15) is 9.59 Å². The maximum absolute atomic E-state index is 12.1.